The van der Waals surface area contributed by atoms with E-state index in [0.717, 1.165) is 0 Å². The Labute approximate surface area is 58.1 Å². The Morgan fingerprint density at radius 2 is 1.44 bits per heavy atom. The van der Waals surface area contributed by atoms with Crippen LogP contribution in [0.3, 0.4) is 0 Å². The summed E-state index contributed by atoms with van der Waals surface area (Å²) < 4.78 is 0. The molecule has 0 N–H and O–H groups in total. The quantitative estimate of drug-likeness (QED) is 0.544. The summed E-state index contributed by atoms with van der Waals surface area (Å²) in [6.45, 7) is 0. The van der Waals surface area contributed by atoms with Gasteiger partial charge < -0.3 is 0 Å². The Balaban J connectivity index is 3.35. The molecule has 0 amide bonds. The molecule has 9 heavy (non-hydrogen) atoms. The van der Waals surface area contributed by atoms with Crippen molar-refractivity contribution < 1.29 is 0 Å². The summed E-state index contributed by atoms with van der Waals surface area (Å²) in [6, 6.07) is 3.65. The highest BCUT2D eigenvalue weighted by Gasteiger charge is 1.67. The number of allylic oxidation sites excluding steroid dienone is 2. The van der Waals surface area contributed by atoms with Crippen molar-refractivity contribution in [2.24, 2.45) is 0 Å². The monoisotopic (exact) mass is 136 g/mol. The third-order valence-corrected chi connectivity index (χ3v) is 1.03. The molecule has 0 fully saturated rings. The van der Waals surface area contributed by atoms with Gasteiger partial charge in [-0.3, -0.25) is 0 Å². The van der Waals surface area contributed by atoms with Gasteiger partial charge in [0.1, 0.15) is 0 Å². The van der Waals surface area contributed by atoms with Crippen LogP contribution in [0.2, 0.25) is 0 Å². The van der Waals surface area contributed by atoms with Crippen LogP contribution in [-0.4, -0.2) is 0 Å². The molecule has 0 aliphatic carbocycles. The fourth-order valence-corrected chi connectivity index (χ4v) is 0.554. The molecule has 0 aromatic carbocycles. The summed E-state index contributed by atoms with van der Waals surface area (Å²) in [6.07, 6.45) is 2.71. The highest BCUT2D eigenvalue weighted by atomic mass is 32.2. The molecule has 0 aromatic rings. The summed E-state index contributed by atoms with van der Waals surface area (Å²) in [5.74, 6) is 0. The normalized spacial score (nSPS) is 9.56. The van der Waals surface area contributed by atoms with Gasteiger partial charge in [0, 0.05) is 12.2 Å². The Bertz CT molecular complexity index is 170. The van der Waals surface area contributed by atoms with Gasteiger partial charge in [-0.2, -0.15) is 10.5 Å². The van der Waals surface area contributed by atoms with Crippen molar-refractivity contribution in [3.63, 3.8) is 0 Å². The first-order chi connectivity index (χ1) is 4.41. The van der Waals surface area contributed by atoms with Crippen LogP contribution < -0.4 is 0 Å². The molecule has 2 nitrogen and oxygen atoms in total. The molecule has 0 atom stereocenters. The second-order valence-corrected chi connectivity index (χ2v) is 1.82. The van der Waals surface area contributed by atoms with Crippen molar-refractivity contribution in [2.45, 2.75) is 0 Å². The van der Waals surface area contributed by atoms with Gasteiger partial charge in [0.05, 0.1) is 12.1 Å². The molecule has 0 heterocycles. The molecule has 0 unspecified atom stereocenters. The van der Waals surface area contributed by atoms with Gasteiger partial charge in [-0.15, -0.1) is 11.8 Å². The molecular weight excluding hydrogens is 132 g/mol. The van der Waals surface area contributed by atoms with E-state index >= 15 is 0 Å². The lowest BCUT2D eigenvalue weighted by Gasteiger charge is -1.71. The van der Waals surface area contributed by atoms with E-state index in [1.54, 1.807) is 10.8 Å². The van der Waals surface area contributed by atoms with E-state index in [2.05, 4.69) is 0 Å². The molecule has 0 aliphatic heterocycles. The van der Waals surface area contributed by atoms with Crippen LogP contribution >= 0.6 is 11.8 Å². The second-order valence-electron chi connectivity index (χ2n) is 1.000. The van der Waals surface area contributed by atoms with E-state index in [0.29, 0.717) is 0 Å². The molecule has 0 radical (unpaired) electrons. The topological polar surface area (TPSA) is 47.6 Å². The smallest absolute Gasteiger partial charge is 0.0917 e. The van der Waals surface area contributed by atoms with E-state index < -0.39 is 0 Å². The predicted molar refractivity (Wildman–Crippen MR) is 37.1 cm³/mol. The molecule has 0 spiro atoms. The number of hydrogen-bond acceptors (Lipinski definition) is 3. The lowest BCUT2D eigenvalue weighted by molar-refractivity contribution is 1.54. The summed E-state index contributed by atoms with van der Waals surface area (Å²) in [5, 5.41) is 19.2. The van der Waals surface area contributed by atoms with E-state index in [9.17, 15) is 0 Å². The Hall–Kier alpha value is -1.19. The molecule has 0 aromatic heterocycles. The minimum absolute atomic E-state index is 1.30. The van der Waals surface area contributed by atoms with Gasteiger partial charge in [-0.1, -0.05) is 0 Å². The van der Waals surface area contributed by atoms with Crippen LogP contribution in [0.15, 0.2) is 23.0 Å². The predicted octanol–water partition coefficient (Wildman–Crippen LogP) is 1.79. The zero-order chi connectivity index (χ0) is 6.95. The first-order valence-electron chi connectivity index (χ1n) is 2.16. The van der Waals surface area contributed by atoms with Gasteiger partial charge in [0.15, 0.2) is 0 Å². The van der Waals surface area contributed by atoms with Gasteiger partial charge in [-0.25, -0.2) is 0 Å². The van der Waals surface area contributed by atoms with Gasteiger partial charge in [0.2, 0.25) is 0 Å². The Morgan fingerprint density at radius 3 is 1.78 bits per heavy atom. The first-order valence-corrected chi connectivity index (χ1v) is 3.11. The maximum Gasteiger partial charge on any atom is 0.0917 e. The molecule has 44 valence electrons. The maximum absolute atomic E-state index is 7.98. The SMILES string of the molecule is N#CC=CSC=CC#N. The summed E-state index contributed by atoms with van der Waals surface area (Å²) in [4.78, 5) is 0. The second kappa shape index (κ2) is 6.81. The van der Waals surface area contributed by atoms with Crippen molar-refractivity contribution in [3.05, 3.63) is 23.0 Å². The fourth-order valence-electron chi connectivity index (χ4n) is 0.185. The molecule has 0 rings (SSSR count). The van der Waals surface area contributed by atoms with Crippen molar-refractivity contribution in [2.75, 3.05) is 0 Å². The number of nitrogens with zero attached hydrogens (tertiary/aromatic N) is 2. The number of hydrogen-bond donors (Lipinski definition) is 0. The van der Waals surface area contributed by atoms with Crippen LogP contribution in [0.1, 0.15) is 0 Å². The van der Waals surface area contributed by atoms with Crippen molar-refractivity contribution in [1.29, 1.82) is 10.5 Å². The Kier molecular flexibility index (Phi) is 5.91. The molecule has 0 bridgehead atoms. The minimum atomic E-state index is 1.30. The standard InChI is InChI=1S/C6H4N2S/c7-3-1-5-9-6-2-4-8/h1-2,5-6H. The van der Waals surface area contributed by atoms with Crippen molar-refractivity contribution in [3.8, 4) is 12.1 Å². The van der Waals surface area contributed by atoms with E-state index in [1.807, 2.05) is 12.1 Å². The molecular formula is C6H4N2S. The maximum atomic E-state index is 7.98. The van der Waals surface area contributed by atoms with Crippen molar-refractivity contribution in [1.82, 2.24) is 0 Å². The first kappa shape index (κ1) is 7.81. The zero-order valence-electron chi connectivity index (χ0n) is 4.61. The number of thioether (sulfide) groups is 1. The largest absolute Gasteiger partial charge is 0.193 e. The Morgan fingerprint density at radius 1 is 1.00 bits per heavy atom. The average molecular weight is 136 g/mol. The number of rotatable bonds is 2. The average Bonchev–Trinajstić information content (AvgIpc) is 1.89. The third kappa shape index (κ3) is 6.81. The molecule has 0 saturated carbocycles. The third-order valence-electron chi connectivity index (χ3n) is 0.442. The van der Waals surface area contributed by atoms with E-state index in [1.165, 1.54) is 23.9 Å². The zero-order valence-corrected chi connectivity index (χ0v) is 5.43. The van der Waals surface area contributed by atoms with Crippen molar-refractivity contribution >= 4 is 11.8 Å². The van der Waals surface area contributed by atoms with Gasteiger partial charge >= 0.3 is 0 Å². The van der Waals surface area contributed by atoms with Gasteiger partial charge in [0.25, 0.3) is 0 Å². The summed E-state index contributed by atoms with van der Waals surface area (Å²) >= 11 is 1.30. The minimum Gasteiger partial charge on any atom is -0.193 e. The van der Waals surface area contributed by atoms with Gasteiger partial charge in [-0.05, 0) is 10.8 Å². The van der Waals surface area contributed by atoms with Crippen LogP contribution in [0, 0.1) is 22.7 Å². The van der Waals surface area contributed by atoms with Crippen LogP contribution in [0.5, 0.6) is 0 Å². The van der Waals surface area contributed by atoms with Crippen LogP contribution in [0.4, 0.5) is 0 Å². The van der Waals surface area contributed by atoms with E-state index in [4.69, 9.17) is 10.5 Å². The molecule has 3 heteroatoms. The van der Waals surface area contributed by atoms with Crippen LogP contribution in [0.25, 0.3) is 0 Å². The lowest BCUT2D eigenvalue weighted by atomic mass is 10.7. The van der Waals surface area contributed by atoms with E-state index in [-0.39, 0.29) is 0 Å². The summed E-state index contributed by atoms with van der Waals surface area (Å²) in [5.41, 5.74) is 0. The highest BCUT2D eigenvalue weighted by Crippen LogP contribution is 2.01. The van der Waals surface area contributed by atoms with Crippen LogP contribution in [-0.2, 0) is 0 Å². The fraction of sp³-hybridized carbons (Fsp3) is 0. The number of nitriles is 2. The summed E-state index contributed by atoms with van der Waals surface area (Å²) in [7, 11) is 0. The lowest BCUT2D eigenvalue weighted by Crippen LogP contribution is -1.44. The molecule has 0 aliphatic rings. The highest BCUT2D eigenvalue weighted by molar-refractivity contribution is 8.04. The molecule has 0 saturated heterocycles.